The van der Waals surface area contributed by atoms with E-state index in [1.807, 2.05) is 18.2 Å². The van der Waals surface area contributed by atoms with E-state index in [1.165, 1.54) is 32.2 Å². The highest BCUT2D eigenvalue weighted by Crippen LogP contribution is 2.06. The zero-order chi connectivity index (χ0) is 13.1. The first-order chi connectivity index (χ1) is 8.83. The lowest BCUT2D eigenvalue weighted by Gasteiger charge is -2.17. The molecule has 4 heteroatoms. The summed E-state index contributed by atoms with van der Waals surface area (Å²) in [4.78, 5) is 8.36. The average molecular weight is 328 g/mol. The van der Waals surface area contributed by atoms with Crippen molar-refractivity contribution in [3.63, 3.8) is 0 Å². The number of rotatable bonds is 5. The van der Waals surface area contributed by atoms with Gasteiger partial charge in [-0.3, -0.25) is 4.98 Å². The second kappa shape index (κ2) is 12.0. The summed E-state index contributed by atoms with van der Waals surface area (Å²) in [5, 5.41) is 0. The molecule has 19 heavy (non-hydrogen) atoms. The van der Waals surface area contributed by atoms with Gasteiger partial charge >= 0.3 is 0 Å². The highest BCUT2D eigenvalue weighted by atomic mass is 79.9. The Balaban J connectivity index is 0.000000392. The molecule has 1 aromatic heterocycles. The molecule has 0 saturated carbocycles. The number of pyridine rings is 1. The molecule has 0 aromatic carbocycles. The van der Waals surface area contributed by atoms with Crippen LogP contribution in [0, 0.1) is 0 Å². The molecule has 0 bridgehead atoms. The van der Waals surface area contributed by atoms with Gasteiger partial charge in [-0.15, -0.1) is 17.0 Å². The van der Waals surface area contributed by atoms with Crippen molar-refractivity contribution in [1.29, 1.82) is 0 Å². The van der Waals surface area contributed by atoms with E-state index in [-0.39, 0.29) is 17.0 Å². The standard InChI is InChI=1S/C10H20N2.C5H5N.BrH/c1-3-4-5-6-7-12-9-8-11(2)10-12;1-2-4-6-5-3-1;/h8-9H,3-7,10H2,1-2H3;1-5H;1H. The average Bonchev–Trinajstić information content (AvgIpc) is 2.83. The molecule has 108 valence electrons. The van der Waals surface area contributed by atoms with Gasteiger partial charge in [0.1, 0.15) is 0 Å². The van der Waals surface area contributed by atoms with E-state index in [4.69, 9.17) is 0 Å². The minimum atomic E-state index is 0. The van der Waals surface area contributed by atoms with E-state index < -0.39 is 0 Å². The van der Waals surface area contributed by atoms with Gasteiger partial charge in [-0.2, -0.15) is 0 Å². The molecule has 1 aliphatic heterocycles. The van der Waals surface area contributed by atoms with Crippen LogP contribution >= 0.6 is 17.0 Å². The van der Waals surface area contributed by atoms with Crippen molar-refractivity contribution in [2.24, 2.45) is 0 Å². The Labute approximate surface area is 128 Å². The van der Waals surface area contributed by atoms with Crippen LogP contribution in [0.5, 0.6) is 0 Å². The summed E-state index contributed by atoms with van der Waals surface area (Å²) in [5.74, 6) is 0. The molecule has 0 aliphatic carbocycles. The van der Waals surface area contributed by atoms with Crippen molar-refractivity contribution in [3.8, 4) is 0 Å². The second-order valence-electron chi connectivity index (χ2n) is 4.59. The van der Waals surface area contributed by atoms with Gasteiger partial charge in [-0.1, -0.05) is 32.3 Å². The normalized spacial score (nSPS) is 12.7. The maximum Gasteiger partial charge on any atom is 0.0890 e. The van der Waals surface area contributed by atoms with Crippen LogP contribution in [0.1, 0.15) is 32.6 Å². The van der Waals surface area contributed by atoms with Crippen LogP contribution in [0.15, 0.2) is 43.0 Å². The highest BCUT2D eigenvalue weighted by molar-refractivity contribution is 8.93. The molecule has 2 rings (SSSR count). The van der Waals surface area contributed by atoms with E-state index in [0.717, 1.165) is 6.67 Å². The number of hydrogen-bond acceptors (Lipinski definition) is 3. The quantitative estimate of drug-likeness (QED) is 0.764. The Morgan fingerprint density at radius 1 is 1.00 bits per heavy atom. The Morgan fingerprint density at radius 3 is 2.16 bits per heavy atom. The van der Waals surface area contributed by atoms with Crippen molar-refractivity contribution in [2.75, 3.05) is 20.3 Å². The molecule has 0 spiro atoms. The summed E-state index contributed by atoms with van der Waals surface area (Å²) >= 11 is 0. The summed E-state index contributed by atoms with van der Waals surface area (Å²) in [5.41, 5.74) is 0. The highest BCUT2D eigenvalue weighted by Gasteiger charge is 2.06. The molecule has 0 fully saturated rings. The smallest absolute Gasteiger partial charge is 0.0890 e. The first-order valence-electron chi connectivity index (χ1n) is 6.80. The van der Waals surface area contributed by atoms with Crippen molar-refractivity contribution in [2.45, 2.75) is 32.6 Å². The predicted octanol–water partition coefficient (Wildman–Crippen LogP) is 3.90. The maximum absolute atomic E-state index is 3.78. The fourth-order valence-electron chi connectivity index (χ4n) is 1.79. The van der Waals surface area contributed by atoms with E-state index in [1.54, 1.807) is 12.4 Å². The third-order valence-corrected chi connectivity index (χ3v) is 2.80. The predicted molar refractivity (Wildman–Crippen MR) is 87.2 cm³/mol. The fourth-order valence-corrected chi connectivity index (χ4v) is 1.79. The van der Waals surface area contributed by atoms with Gasteiger partial charge in [-0.25, -0.2) is 0 Å². The summed E-state index contributed by atoms with van der Waals surface area (Å²) in [6.45, 7) is 4.55. The van der Waals surface area contributed by atoms with Gasteiger partial charge in [0, 0.05) is 38.4 Å². The maximum atomic E-state index is 3.78. The topological polar surface area (TPSA) is 19.4 Å². The van der Waals surface area contributed by atoms with Crippen molar-refractivity contribution in [1.82, 2.24) is 14.8 Å². The molecule has 0 saturated heterocycles. The molecule has 0 N–H and O–H groups in total. The third kappa shape index (κ3) is 9.54. The molecule has 0 amide bonds. The van der Waals surface area contributed by atoms with Gasteiger partial charge in [0.15, 0.2) is 0 Å². The monoisotopic (exact) mass is 327 g/mol. The lowest BCUT2D eigenvalue weighted by atomic mass is 10.2. The van der Waals surface area contributed by atoms with E-state index in [2.05, 4.69) is 41.2 Å². The zero-order valence-electron chi connectivity index (χ0n) is 12.0. The lowest BCUT2D eigenvalue weighted by Crippen LogP contribution is -2.23. The SMILES string of the molecule is Br.CCCCCCN1C=CN(C)C1.c1ccncc1. The van der Waals surface area contributed by atoms with Crippen molar-refractivity contribution < 1.29 is 0 Å². The van der Waals surface area contributed by atoms with Gasteiger partial charge in [-0.05, 0) is 18.6 Å². The van der Waals surface area contributed by atoms with Crippen LogP contribution in [0.3, 0.4) is 0 Å². The van der Waals surface area contributed by atoms with Gasteiger partial charge < -0.3 is 9.80 Å². The van der Waals surface area contributed by atoms with Gasteiger partial charge in [0.05, 0.1) is 6.67 Å². The van der Waals surface area contributed by atoms with E-state index >= 15 is 0 Å². The first kappa shape index (κ1) is 18.0. The molecule has 3 nitrogen and oxygen atoms in total. The van der Waals surface area contributed by atoms with Crippen LogP contribution in [0.2, 0.25) is 0 Å². The fraction of sp³-hybridized carbons (Fsp3) is 0.533. The molecular formula is C15H26BrN3. The summed E-state index contributed by atoms with van der Waals surface area (Å²) in [7, 11) is 2.11. The largest absolute Gasteiger partial charge is 0.362 e. The number of halogens is 1. The van der Waals surface area contributed by atoms with Gasteiger partial charge in [0.25, 0.3) is 0 Å². The first-order valence-corrected chi connectivity index (χ1v) is 6.80. The molecule has 2 heterocycles. The number of hydrogen-bond donors (Lipinski definition) is 0. The van der Waals surface area contributed by atoms with Crippen LogP contribution < -0.4 is 0 Å². The molecule has 0 radical (unpaired) electrons. The second-order valence-corrected chi connectivity index (χ2v) is 4.59. The Morgan fingerprint density at radius 2 is 1.74 bits per heavy atom. The molecule has 0 unspecified atom stereocenters. The molecule has 1 aromatic rings. The van der Waals surface area contributed by atoms with Gasteiger partial charge in [0.2, 0.25) is 0 Å². The summed E-state index contributed by atoms with van der Waals surface area (Å²) < 4.78 is 0. The minimum Gasteiger partial charge on any atom is -0.362 e. The number of nitrogens with zero attached hydrogens (tertiary/aromatic N) is 3. The van der Waals surface area contributed by atoms with Crippen LogP contribution in [0.25, 0.3) is 0 Å². The number of aromatic nitrogens is 1. The van der Waals surface area contributed by atoms with E-state index in [9.17, 15) is 0 Å². The Kier molecular flexibility index (Phi) is 11.4. The lowest BCUT2D eigenvalue weighted by molar-refractivity contribution is 0.291. The Bertz CT molecular complexity index is 290. The minimum absolute atomic E-state index is 0. The zero-order valence-corrected chi connectivity index (χ0v) is 13.7. The summed E-state index contributed by atoms with van der Waals surface area (Å²) in [6, 6.07) is 5.72. The molecule has 1 aliphatic rings. The summed E-state index contributed by atoms with van der Waals surface area (Å²) in [6.07, 6.45) is 13.3. The molecular weight excluding hydrogens is 302 g/mol. The third-order valence-electron chi connectivity index (χ3n) is 2.80. The molecule has 0 atom stereocenters. The van der Waals surface area contributed by atoms with Crippen molar-refractivity contribution in [3.05, 3.63) is 43.0 Å². The van der Waals surface area contributed by atoms with Crippen LogP contribution in [-0.4, -0.2) is 35.0 Å². The van der Waals surface area contributed by atoms with Crippen LogP contribution in [0.4, 0.5) is 0 Å². The van der Waals surface area contributed by atoms with Crippen LogP contribution in [-0.2, 0) is 0 Å². The number of unbranched alkanes of at least 4 members (excludes halogenated alkanes) is 3. The van der Waals surface area contributed by atoms with E-state index in [0.29, 0.717) is 0 Å². The Hall–Kier alpha value is -1.03. The van der Waals surface area contributed by atoms with Crippen molar-refractivity contribution >= 4 is 17.0 Å².